The van der Waals surface area contributed by atoms with Gasteiger partial charge in [-0.1, -0.05) is 6.07 Å². The van der Waals surface area contributed by atoms with Crippen molar-refractivity contribution in [1.29, 1.82) is 0 Å². The number of rotatable bonds is 7. The van der Waals surface area contributed by atoms with Gasteiger partial charge in [0.25, 0.3) is 0 Å². The Kier molecular flexibility index (Phi) is 6.43. The summed E-state index contributed by atoms with van der Waals surface area (Å²) in [5.41, 5.74) is 1.33. The van der Waals surface area contributed by atoms with E-state index in [2.05, 4.69) is 10.6 Å². The molecule has 8 heteroatoms. The first-order valence-electron chi connectivity index (χ1n) is 9.26. The zero-order valence-corrected chi connectivity index (χ0v) is 16.7. The average Bonchev–Trinajstić information content (AvgIpc) is 3.12. The van der Waals surface area contributed by atoms with E-state index in [0.29, 0.717) is 36.7 Å². The molecular formula is C21H25N3O5. The van der Waals surface area contributed by atoms with E-state index in [1.54, 1.807) is 30.2 Å². The largest absolute Gasteiger partial charge is 0.497 e. The summed E-state index contributed by atoms with van der Waals surface area (Å²) < 4.78 is 15.7. The number of carbonyl (C=O) groups excluding carboxylic acids is 2. The molecule has 2 N–H and O–H groups in total. The highest BCUT2D eigenvalue weighted by atomic mass is 16.5. The van der Waals surface area contributed by atoms with Gasteiger partial charge < -0.3 is 29.7 Å². The second-order valence-electron chi connectivity index (χ2n) is 6.65. The second-order valence-corrected chi connectivity index (χ2v) is 6.65. The molecule has 1 aliphatic heterocycles. The van der Waals surface area contributed by atoms with Gasteiger partial charge in [-0.2, -0.15) is 0 Å². The van der Waals surface area contributed by atoms with E-state index < -0.39 is 0 Å². The Balaban J connectivity index is 1.55. The van der Waals surface area contributed by atoms with Crippen LogP contribution in [0.3, 0.4) is 0 Å². The minimum Gasteiger partial charge on any atom is -0.497 e. The van der Waals surface area contributed by atoms with Gasteiger partial charge in [-0.05, 0) is 36.4 Å². The number of benzene rings is 2. The molecule has 1 heterocycles. The minimum absolute atomic E-state index is 0.0301. The van der Waals surface area contributed by atoms with Gasteiger partial charge >= 0.3 is 6.03 Å². The maximum Gasteiger partial charge on any atom is 0.319 e. The third-order valence-corrected chi connectivity index (χ3v) is 4.79. The molecule has 0 saturated carbocycles. The number of methoxy groups -OCH3 is 3. The molecule has 2 aromatic carbocycles. The Labute approximate surface area is 169 Å². The minimum atomic E-state index is -0.369. The van der Waals surface area contributed by atoms with Crippen molar-refractivity contribution in [1.82, 2.24) is 5.32 Å². The lowest BCUT2D eigenvalue weighted by Crippen LogP contribution is -2.34. The van der Waals surface area contributed by atoms with Gasteiger partial charge in [-0.3, -0.25) is 4.79 Å². The van der Waals surface area contributed by atoms with E-state index >= 15 is 0 Å². The summed E-state index contributed by atoms with van der Waals surface area (Å²) in [5, 5.41) is 5.59. The molecule has 3 amide bonds. The Morgan fingerprint density at radius 2 is 1.83 bits per heavy atom. The van der Waals surface area contributed by atoms with E-state index in [-0.39, 0.29) is 17.9 Å². The number of hydrogen-bond acceptors (Lipinski definition) is 5. The molecule has 8 nitrogen and oxygen atoms in total. The highest BCUT2D eigenvalue weighted by Crippen LogP contribution is 2.34. The number of anilines is 2. The van der Waals surface area contributed by atoms with Crippen molar-refractivity contribution in [2.45, 2.75) is 6.42 Å². The van der Waals surface area contributed by atoms with Crippen molar-refractivity contribution < 1.29 is 23.8 Å². The molecule has 154 valence electrons. The Morgan fingerprint density at radius 1 is 1.07 bits per heavy atom. The molecular weight excluding hydrogens is 374 g/mol. The van der Waals surface area contributed by atoms with Crippen molar-refractivity contribution in [3.63, 3.8) is 0 Å². The summed E-state index contributed by atoms with van der Waals surface area (Å²) in [6, 6.07) is 12.2. The summed E-state index contributed by atoms with van der Waals surface area (Å²) in [6.07, 6.45) is 0.384. The fraction of sp³-hybridized carbons (Fsp3) is 0.333. The number of hydrogen-bond donors (Lipinski definition) is 2. The predicted molar refractivity (Wildman–Crippen MR) is 110 cm³/mol. The number of nitrogens with one attached hydrogen (secondary N) is 2. The smallest absolute Gasteiger partial charge is 0.319 e. The first-order valence-corrected chi connectivity index (χ1v) is 9.26. The fourth-order valence-corrected chi connectivity index (χ4v) is 3.32. The van der Waals surface area contributed by atoms with Gasteiger partial charge in [-0.25, -0.2) is 4.79 Å². The molecule has 1 saturated heterocycles. The van der Waals surface area contributed by atoms with Crippen LogP contribution < -0.4 is 29.7 Å². The van der Waals surface area contributed by atoms with Crippen LogP contribution in [0.2, 0.25) is 0 Å². The van der Waals surface area contributed by atoms with Gasteiger partial charge in [0, 0.05) is 31.1 Å². The molecule has 29 heavy (non-hydrogen) atoms. The molecule has 1 atom stereocenters. The molecule has 0 unspecified atom stereocenters. The molecule has 0 radical (unpaired) electrons. The zero-order chi connectivity index (χ0) is 20.8. The van der Waals surface area contributed by atoms with Crippen molar-refractivity contribution in [3.05, 3.63) is 42.5 Å². The molecule has 2 aromatic rings. The van der Waals surface area contributed by atoms with E-state index in [1.165, 1.54) is 14.2 Å². The van der Waals surface area contributed by atoms with Crippen LogP contribution in [0.4, 0.5) is 16.2 Å². The normalized spacial score (nSPS) is 15.8. The summed E-state index contributed by atoms with van der Waals surface area (Å²) in [7, 11) is 4.65. The van der Waals surface area contributed by atoms with Crippen molar-refractivity contribution in [2.24, 2.45) is 5.92 Å². The number of amides is 3. The second kappa shape index (κ2) is 9.18. The lowest BCUT2D eigenvalue weighted by atomic mass is 10.1. The number of ether oxygens (including phenoxy) is 3. The summed E-state index contributed by atoms with van der Waals surface area (Å²) in [6.45, 7) is 0.935. The van der Waals surface area contributed by atoms with E-state index in [0.717, 1.165) is 11.4 Å². The van der Waals surface area contributed by atoms with E-state index in [9.17, 15) is 9.59 Å². The van der Waals surface area contributed by atoms with Crippen molar-refractivity contribution in [3.8, 4) is 17.2 Å². The van der Waals surface area contributed by atoms with Gasteiger partial charge in [-0.15, -0.1) is 0 Å². The van der Waals surface area contributed by atoms with Crippen LogP contribution in [-0.2, 0) is 4.79 Å². The molecule has 0 aliphatic carbocycles. The third kappa shape index (κ3) is 4.71. The molecule has 0 aromatic heterocycles. The molecule has 0 bridgehead atoms. The Morgan fingerprint density at radius 3 is 2.48 bits per heavy atom. The van der Waals surface area contributed by atoms with Crippen LogP contribution in [0.25, 0.3) is 0 Å². The molecule has 3 rings (SSSR count). The maximum absolute atomic E-state index is 12.4. The van der Waals surface area contributed by atoms with Crippen LogP contribution >= 0.6 is 0 Å². The Bertz CT molecular complexity index is 869. The first kappa shape index (κ1) is 20.3. The van der Waals surface area contributed by atoms with Crippen LogP contribution in [-0.4, -0.2) is 46.4 Å². The highest BCUT2D eigenvalue weighted by Gasteiger charge is 2.30. The molecule has 1 fully saturated rings. The SMILES string of the molecule is COc1ccc(N2C[C@H](CNC(=O)Nc3cccc(OC)c3OC)CC2=O)cc1. The number of para-hydroxylation sites is 1. The number of urea groups is 1. The molecule has 0 spiro atoms. The van der Waals surface area contributed by atoms with Gasteiger partial charge in [0.2, 0.25) is 5.91 Å². The third-order valence-electron chi connectivity index (χ3n) is 4.79. The summed E-state index contributed by atoms with van der Waals surface area (Å²) in [4.78, 5) is 26.4. The zero-order valence-electron chi connectivity index (χ0n) is 16.7. The standard InChI is InChI=1S/C21H25N3O5/c1-27-16-9-7-15(8-10-16)24-13-14(11-19(24)25)12-22-21(26)23-17-5-4-6-18(28-2)20(17)29-3/h4-10,14H,11-13H2,1-3H3,(H2,22,23,26)/t14-/m0/s1. The average molecular weight is 399 g/mol. The fourth-order valence-electron chi connectivity index (χ4n) is 3.32. The van der Waals surface area contributed by atoms with Crippen molar-refractivity contribution >= 4 is 23.3 Å². The summed E-state index contributed by atoms with van der Waals surface area (Å²) in [5.74, 6) is 1.79. The van der Waals surface area contributed by atoms with Gasteiger partial charge in [0.05, 0.1) is 27.0 Å². The monoisotopic (exact) mass is 399 g/mol. The number of carbonyl (C=O) groups is 2. The lowest BCUT2D eigenvalue weighted by Gasteiger charge is -2.18. The summed E-state index contributed by atoms with van der Waals surface area (Å²) >= 11 is 0. The van der Waals surface area contributed by atoms with Gasteiger partial charge in [0.15, 0.2) is 11.5 Å². The van der Waals surface area contributed by atoms with Crippen LogP contribution in [0, 0.1) is 5.92 Å². The predicted octanol–water partition coefficient (Wildman–Crippen LogP) is 2.89. The lowest BCUT2D eigenvalue weighted by molar-refractivity contribution is -0.117. The van der Waals surface area contributed by atoms with E-state index in [1.807, 2.05) is 24.3 Å². The highest BCUT2D eigenvalue weighted by molar-refractivity contribution is 5.96. The first-order chi connectivity index (χ1) is 14.0. The van der Waals surface area contributed by atoms with Crippen LogP contribution in [0.1, 0.15) is 6.42 Å². The van der Waals surface area contributed by atoms with Crippen LogP contribution in [0.5, 0.6) is 17.2 Å². The number of nitrogens with zero attached hydrogens (tertiary/aromatic N) is 1. The maximum atomic E-state index is 12.4. The quantitative estimate of drug-likeness (QED) is 0.747. The molecule has 1 aliphatic rings. The topological polar surface area (TPSA) is 89.1 Å². The van der Waals surface area contributed by atoms with E-state index in [4.69, 9.17) is 14.2 Å². The van der Waals surface area contributed by atoms with Crippen molar-refractivity contribution in [2.75, 3.05) is 44.6 Å². The van der Waals surface area contributed by atoms with Gasteiger partial charge in [0.1, 0.15) is 5.75 Å². The Hall–Kier alpha value is -3.42. The van der Waals surface area contributed by atoms with Crippen LogP contribution in [0.15, 0.2) is 42.5 Å².